The molecule has 1 amide bonds. The van der Waals surface area contributed by atoms with Crippen molar-refractivity contribution in [2.45, 2.75) is 13.3 Å². The average molecular weight is 308 g/mol. The second-order valence-electron chi connectivity index (χ2n) is 5.51. The number of hydrogen-bond donors (Lipinski definition) is 2. The topological polar surface area (TPSA) is 54.1 Å². The fourth-order valence-electron chi connectivity index (χ4n) is 2.80. The first-order valence-corrected chi connectivity index (χ1v) is 7.67. The van der Waals surface area contributed by atoms with Crippen LogP contribution in [0.3, 0.4) is 0 Å². The summed E-state index contributed by atoms with van der Waals surface area (Å²) >= 11 is 0. The lowest BCUT2D eigenvalue weighted by Crippen LogP contribution is -2.25. The highest BCUT2D eigenvalue weighted by Crippen LogP contribution is 2.22. The van der Waals surface area contributed by atoms with Crippen LogP contribution in [0.2, 0.25) is 0 Å². The van der Waals surface area contributed by atoms with Crippen molar-refractivity contribution in [3.05, 3.63) is 65.4 Å². The number of aromatic nitrogens is 1. The smallest absolute Gasteiger partial charge is 0.251 e. The fourth-order valence-corrected chi connectivity index (χ4v) is 2.80. The van der Waals surface area contributed by atoms with E-state index in [0.29, 0.717) is 12.1 Å². The molecule has 4 nitrogen and oxygen atoms in total. The normalized spacial score (nSPS) is 10.7. The number of para-hydroxylation sites is 1. The van der Waals surface area contributed by atoms with Crippen LogP contribution >= 0.6 is 0 Å². The van der Waals surface area contributed by atoms with Gasteiger partial charge in [-0.1, -0.05) is 18.2 Å². The second kappa shape index (κ2) is 6.57. The van der Waals surface area contributed by atoms with Gasteiger partial charge in [0, 0.05) is 28.7 Å². The summed E-state index contributed by atoms with van der Waals surface area (Å²) in [4.78, 5) is 15.5. The van der Waals surface area contributed by atoms with Crippen molar-refractivity contribution < 1.29 is 9.53 Å². The van der Waals surface area contributed by atoms with Crippen LogP contribution in [-0.2, 0) is 6.42 Å². The number of H-pyrrole nitrogens is 1. The summed E-state index contributed by atoms with van der Waals surface area (Å²) in [5, 5.41) is 4.20. The van der Waals surface area contributed by atoms with Gasteiger partial charge in [-0.05, 0) is 49.2 Å². The van der Waals surface area contributed by atoms with Gasteiger partial charge in [-0.3, -0.25) is 4.79 Å². The van der Waals surface area contributed by atoms with Gasteiger partial charge in [0.25, 0.3) is 5.91 Å². The minimum atomic E-state index is -0.0647. The molecular formula is C19H20N2O2. The number of hydrogen-bond acceptors (Lipinski definition) is 2. The molecule has 23 heavy (non-hydrogen) atoms. The molecule has 1 heterocycles. The molecule has 0 aliphatic heterocycles. The number of carbonyl (C=O) groups is 1. The van der Waals surface area contributed by atoms with Crippen molar-refractivity contribution in [2.75, 3.05) is 13.7 Å². The molecule has 0 bridgehead atoms. The number of nitrogens with one attached hydrogen (secondary N) is 2. The fraction of sp³-hybridized carbons (Fsp3) is 0.211. The third-order valence-electron chi connectivity index (χ3n) is 4.04. The molecule has 0 atom stereocenters. The van der Waals surface area contributed by atoms with Crippen molar-refractivity contribution in [3.8, 4) is 5.75 Å². The zero-order chi connectivity index (χ0) is 16.2. The van der Waals surface area contributed by atoms with Crippen LogP contribution in [0.25, 0.3) is 10.9 Å². The van der Waals surface area contributed by atoms with E-state index in [0.717, 1.165) is 23.4 Å². The number of fused-ring (bicyclic) bond motifs is 1. The summed E-state index contributed by atoms with van der Waals surface area (Å²) in [7, 11) is 1.61. The minimum absolute atomic E-state index is 0.0647. The number of amides is 1. The number of rotatable bonds is 5. The van der Waals surface area contributed by atoms with E-state index in [-0.39, 0.29) is 5.91 Å². The molecular weight excluding hydrogens is 288 g/mol. The second-order valence-corrected chi connectivity index (χ2v) is 5.51. The molecule has 0 spiro atoms. The minimum Gasteiger partial charge on any atom is -0.497 e. The van der Waals surface area contributed by atoms with Crippen LogP contribution in [0.1, 0.15) is 21.6 Å². The molecule has 118 valence electrons. The van der Waals surface area contributed by atoms with E-state index < -0.39 is 0 Å². The molecule has 4 heteroatoms. The van der Waals surface area contributed by atoms with E-state index in [4.69, 9.17) is 4.74 Å². The number of ether oxygens (including phenoxy) is 1. The third kappa shape index (κ3) is 3.21. The Morgan fingerprint density at radius 2 is 1.87 bits per heavy atom. The highest BCUT2D eigenvalue weighted by molar-refractivity contribution is 5.94. The summed E-state index contributed by atoms with van der Waals surface area (Å²) in [5.41, 5.74) is 4.20. The quantitative estimate of drug-likeness (QED) is 0.758. The summed E-state index contributed by atoms with van der Waals surface area (Å²) in [6, 6.07) is 15.4. The Labute approximate surface area is 135 Å². The Bertz CT molecular complexity index is 819. The van der Waals surface area contributed by atoms with Crippen molar-refractivity contribution in [2.24, 2.45) is 0 Å². The largest absolute Gasteiger partial charge is 0.497 e. The highest BCUT2D eigenvalue weighted by atomic mass is 16.5. The molecule has 1 aromatic heterocycles. The predicted octanol–water partition coefficient (Wildman–Crippen LogP) is 3.46. The van der Waals surface area contributed by atoms with Gasteiger partial charge in [0.15, 0.2) is 0 Å². The van der Waals surface area contributed by atoms with Crippen LogP contribution in [-0.4, -0.2) is 24.5 Å². The van der Waals surface area contributed by atoms with Gasteiger partial charge in [-0.25, -0.2) is 0 Å². The lowest BCUT2D eigenvalue weighted by atomic mass is 10.1. The first kappa shape index (κ1) is 15.2. The van der Waals surface area contributed by atoms with Gasteiger partial charge in [0.05, 0.1) is 7.11 Å². The molecule has 0 unspecified atom stereocenters. The van der Waals surface area contributed by atoms with Gasteiger partial charge < -0.3 is 15.0 Å². The Morgan fingerprint density at radius 1 is 1.13 bits per heavy atom. The summed E-state index contributed by atoms with van der Waals surface area (Å²) in [6.45, 7) is 2.67. The maximum absolute atomic E-state index is 12.2. The monoisotopic (exact) mass is 308 g/mol. The molecule has 0 saturated heterocycles. The van der Waals surface area contributed by atoms with Gasteiger partial charge in [-0.2, -0.15) is 0 Å². The van der Waals surface area contributed by atoms with Crippen LogP contribution in [0.4, 0.5) is 0 Å². The molecule has 2 N–H and O–H groups in total. The van der Waals surface area contributed by atoms with Crippen molar-refractivity contribution >= 4 is 16.8 Å². The van der Waals surface area contributed by atoms with E-state index in [1.54, 1.807) is 31.4 Å². The first-order valence-electron chi connectivity index (χ1n) is 7.67. The number of aromatic amines is 1. The molecule has 0 aliphatic carbocycles. The standard InChI is InChI=1S/C19H20N2O2/c1-13-16(17-5-3-4-6-18(17)21-13)11-12-20-19(22)14-7-9-15(23-2)10-8-14/h3-10,21H,11-12H2,1-2H3,(H,20,22). The Balaban J connectivity index is 1.64. The number of methoxy groups -OCH3 is 1. The van der Waals surface area contributed by atoms with Crippen molar-refractivity contribution in [3.63, 3.8) is 0 Å². The Kier molecular flexibility index (Phi) is 4.33. The van der Waals surface area contributed by atoms with Crippen LogP contribution in [0, 0.1) is 6.92 Å². The number of benzene rings is 2. The molecule has 0 aliphatic rings. The highest BCUT2D eigenvalue weighted by Gasteiger charge is 2.09. The van der Waals surface area contributed by atoms with Crippen LogP contribution in [0.5, 0.6) is 5.75 Å². The molecule has 2 aromatic carbocycles. The van der Waals surface area contributed by atoms with Gasteiger partial charge >= 0.3 is 0 Å². The SMILES string of the molecule is COc1ccc(C(=O)NCCc2c(C)[nH]c3ccccc23)cc1. The number of carbonyl (C=O) groups excluding carboxylic acids is 1. The average Bonchev–Trinajstić information content (AvgIpc) is 2.90. The van der Waals surface area contributed by atoms with E-state index in [2.05, 4.69) is 29.4 Å². The van der Waals surface area contributed by atoms with E-state index in [1.165, 1.54) is 10.9 Å². The first-order chi connectivity index (χ1) is 11.2. The maximum Gasteiger partial charge on any atom is 0.251 e. The Morgan fingerprint density at radius 3 is 2.61 bits per heavy atom. The van der Waals surface area contributed by atoms with Gasteiger partial charge in [-0.15, -0.1) is 0 Å². The molecule has 3 rings (SSSR count). The van der Waals surface area contributed by atoms with E-state index in [1.807, 2.05) is 12.1 Å². The van der Waals surface area contributed by atoms with E-state index in [9.17, 15) is 4.79 Å². The summed E-state index contributed by atoms with van der Waals surface area (Å²) in [5.74, 6) is 0.682. The summed E-state index contributed by atoms with van der Waals surface area (Å²) in [6.07, 6.45) is 0.803. The molecule has 0 radical (unpaired) electrons. The van der Waals surface area contributed by atoms with Crippen LogP contribution in [0.15, 0.2) is 48.5 Å². The van der Waals surface area contributed by atoms with Gasteiger partial charge in [0.1, 0.15) is 5.75 Å². The maximum atomic E-state index is 12.2. The van der Waals surface area contributed by atoms with Crippen molar-refractivity contribution in [1.29, 1.82) is 0 Å². The predicted molar refractivity (Wildman–Crippen MR) is 92.1 cm³/mol. The van der Waals surface area contributed by atoms with Gasteiger partial charge in [0.2, 0.25) is 0 Å². The lowest BCUT2D eigenvalue weighted by Gasteiger charge is -2.06. The van der Waals surface area contributed by atoms with Crippen molar-refractivity contribution in [1.82, 2.24) is 10.3 Å². The number of aryl methyl sites for hydroxylation is 1. The third-order valence-corrected chi connectivity index (χ3v) is 4.04. The zero-order valence-corrected chi connectivity index (χ0v) is 13.3. The van der Waals surface area contributed by atoms with E-state index >= 15 is 0 Å². The molecule has 0 saturated carbocycles. The molecule has 3 aromatic rings. The van der Waals surface area contributed by atoms with Crippen LogP contribution < -0.4 is 10.1 Å². The lowest BCUT2D eigenvalue weighted by molar-refractivity contribution is 0.0954. The summed E-state index contributed by atoms with van der Waals surface area (Å²) < 4.78 is 5.10. The Hall–Kier alpha value is -2.75. The molecule has 0 fully saturated rings. The zero-order valence-electron chi connectivity index (χ0n) is 13.3.